The van der Waals surface area contributed by atoms with Crippen molar-refractivity contribution in [3.63, 3.8) is 0 Å². The molecule has 2 atom stereocenters. The Balaban J connectivity index is 1.46. The summed E-state index contributed by atoms with van der Waals surface area (Å²) in [5, 5.41) is 12.7. The van der Waals surface area contributed by atoms with Crippen LogP contribution in [-0.4, -0.2) is 42.4 Å². The average Bonchev–Trinajstić information content (AvgIpc) is 3.25. The number of aliphatic hydroxyl groups is 1. The van der Waals surface area contributed by atoms with Crippen LogP contribution < -0.4 is 5.32 Å². The quantitative estimate of drug-likeness (QED) is 0.480. The first-order chi connectivity index (χ1) is 16.9. The highest BCUT2D eigenvalue weighted by molar-refractivity contribution is 7.89. The molecule has 0 spiro atoms. The predicted octanol–water partition coefficient (Wildman–Crippen LogP) is 3.95. The number of rotatable bonds is 6. The zero-order chi connectivity index (χ0) is 26.1. The summed E-state index contributed by atoms with van der Waals surface area (Å²) >= 11 is 0. The van der Waals surface area contributed by atoms with Crippen LogP contribution in [-0.2, 0) is 27.5 Å². The lowest BCUT2D eigenvalue weighted by Crippen LogP contribution is -2.45. The molecule has 4 rings (SSSR count). The van der Waals surface area contributed by atoms with Crippen LogP contribution in [0.2, 0.25) is 0 Å². The minimum Gasteiger partial charge on any atom is -0.392 e. The first-order valence-corrected chi connectivity index (χ1v) is 12.4. The van der Waals surface area contributed by atoms with Crippen molar-refractivity contribution >= 4 is 15.9 Å². The second-order valence-electron chi connectivity index (χ2n) is 8.43. The summed E-state index contributed by atoms with van der Waals surface area (Å²) in [5.74, 6) is -1.22. The lowest BCUT2D eigenvalue weighted by molar-refractivity contribution is -0.137. The molecule has 3 aromatic rings. The van der Waals surface area contributed by atoms with Crippen LogP contribution in [0.4, 0.5) is 17.6 Å². The van der Waals surface area contributed by atoms with Gasteiger partial charge in [0, 0.05) is 19.5 Å². The molecule has 1 fully saturated rings. The molecule has 0 radical (unpaired) electrons. The van der Waals surface area contributed by atoms with Crippen molar-refractivity contribution < 1.29 is 35.9 Å². The zero-order valence-corrected chi connectivity index (χ0v) is 19.6. The van der Waals surface area contributed by atoms with E-state index >= 15 is 0 Å². The van der Waals surface area contributed by atoms with Gasteiger partial charge in [0.15, 0.2) is 0 Å². The number of nitrogens with one attached hydrogen (secondary N) is 1. The van der Waals surface area contributed by atoms with Crippen LogP contribution in [0.3, 0.4) is 0 Å². The molecule has 6 nitrogen and oxygen atoms in total. The number of sulfonamides is 1. The van der Waals surface area contributed by atoms with Crippen LogP contribution in [0.25, 0.3) is 11.1 Å². The van der Waals surface area contributed by atoms with E-state index in [1.807, 2.05) is 0 Å². The van der Waals surface area contributed by atoms with E-state index in [2.05, 4.69) is 5.32 Å². The molecule has 2 N–H and O–H groups in total. The molecular weight excluding hydrogens is 500 g/mol. The van der Waals surface area contributed by atoms with E-state index in [0.717, 1.165) is 40.7 Å². The van der Waals surface area contributed by atoms with Gasteiger partial charge in [0.1, 0.15) is 11.9 Å². The third-order valence-electron chi connectivity index (χ3n) is 5.90. The second-order valence-corrected chi connectivity index (χ2v) is 10.3. The molecule has 0 aromatic heterocycles. The Kier molecular flexibility index (Phi) is 7.17. The molecule has 1 saturated heterocycles. The van der Waals surface area contributed by atoms with Crippen molar-refractivity contribution in [2.45, 2.75) is 36.2 Å². The molecule has 1 aliphatic rings. The maximum Gasteiger partial charge on any atom is 0.416 e. The standard InChI is InChI=1S/C25H22F4N2O4S/c26-20-8-10-22(11-9-20)36(34,35)31-15-21(32)13-23(31)24(33)30-14-16-2-1-3-18(12-16)17-4-6-19(7-5-17)25(27,28)29/h1-12,21,23,32H,13-15H2,(H,30,33). The lowest BCUT2D eigenvalue weighted by atomic mass is 10.0. The Hall–Kier alpha value is -3.28. The molecule has 11 heteroatoms. The number of β-amino-alcohol motifs (C(OH)–C–C–N with tert-alkyl or cyclic N) is 1. The SMILES string of the molecule is O=C(NCc1cccc(-c2ccc(C(F)(F)F)cc2)c1)C1CC(O)CN1S(=O)(=O)c1ccc(F)cc1. The fraction of sp³-hybridized carbons (Fsp3) is 0.240. The van der Waals surface area contributed by atoms with Gasteiger partial charge in [-0.1, -0.05) is 30.3 Å². The number of aliphatic hydroxyl groups excluding tert-OH is 1. The number of alkyl halides is 3. The van der Waals surface area contributed by atoms with Gasteiger partial charge < -0.3 is 10.4 Å². The Bertz CT molecular complexity index is 1340. The molecule has 2 unspecified atom stereocenters. The Morgan fingerprint density at radius 1 is 1.00 bits per heavy atom. The Morgan fingerprint density at radius 3 is 2.31 bits per heavy atom. The van der Waals surface area contributed by atoms with Crippen LogP contribution >= 0.6 is 0 Å². The molecule has 1 heterocycles. The van der Waals surface area contributed by atoms with Crippen LogP contribution in [0.1, 0.15) is 17.5 Å². The van der Waals surface area contributed by atoms with Crippen molar-refractivity contribution in [1.82, 2.24) is 9.62 Å². The highest BCUT2D eigenvalue weighted by atomic mass is 32.2. The van der Waals surface area contributed by atoms with Gasteiger partial charge in [-0.2, -0.15) is 17.5 Å². The fourth-order valence-electron chi connectivity index (χ4n) is 4.05. The molecule has 1 amide bonds. The summed E-state index contributed by atoms with van der Waals surface area (Å²) in [4.78, 5) is 12.7. The molecule has 36 heavy (non-hydrogen) atoms. The number of carbonyl (C=O) groups excluding carboxylic acids is 1. The third-order valence-corrected chi connectivity index (χ3v) is 7.78. The van der Waals surface area contributed by atoms with Crippen molar-refractivity contribution in [2.75, 3.05) is 6.54 Å². The molecule has 0 saturated carbocycles. The van der Waals surface area contributed by atoms with E-state index in [1.165, 1.54) is 12.1 Å². The van der Waals surface area contributed by atoms with E-state index in [4.69, 9.17) is 0 Å². The van der Waals surface area contributed by atoms with E-state index < -0.39 is 45.6 Å². The van der Waals surface area contributed by atoms with E-state index in [1.54, 1.807) is 24.3 Å². The van der Waals surface area contributed by atoms with Gasteiger partial charge >= 0.3 is 6.18 Å². The number of hydrogen-bond donors (Lipinski definition) is 2. The van der Waals surface area contributed by atoms with Crippen LogP contribution in [0, 0.1) is 5.82 Å². The first-order valence-electron chi connectivity index (χ1n) is 10.9. The maximum absolute atomic E-state index is 13.2. The molecule has 1 aliphatic heterocycles. The topological polar surface area (TPSA) is 86.7 Å². The maximum atomic E-state index is 13.2. The van der Waals surface area contributed by atoms with Gasteiger partial charge in [0.2, 0.25) is 15.9 Å². The summed E-state index contributed by atoms with van der Waals surface area (Å²) in [6.45, 7) is -0.245. The summed E-state index contributed by atoms with van der Waals surface area (Å²) in [7, 11) is -4.16. The monoisotopic (exact) mass is 522 g/mol. The molecule has 3 aromatic carbocycles. The van der Waals surface area contributed by atoms with E-state index in [9.17, 15) is 35.9 Å². The van der Waals surface area contributed by atoms with Gasteiger partial charge in [0.25, 0.3) is 0 Å². The van der Waals surface area contributed by atoms with Crippen molar-refractivity contribution in [3.05, 3.63) is 89.7 Å². The summed E-state index contributed by atoms with van der Waals surface area (Å²) in [5.41, 5.74) is 1.10. The summed E-state index contributed by atoms with van der Waals surface area (Å²) in [6.07, 6.45) is -5.58. The Morgan fingerprint density at radius 2 is 1.67 bits per heavy atom. The fourth-order valence-corrected chi connectivity index (χ4v) is 5.69. The van der Waals surface area contributed by atoms with Crippen molar-refractivity contribution in [2.24, 2.45) is 0 Å². The van der Waals surface area contributed by atoms with Gasteiger partial charge in [-0.3, -0.25) is 4.79 Å². The minimum absolute atomic E-state index is 0.0321. The van der Waals surface area contributed by atoms with Gasteiger partial charge in [-0.15, -0.1) is 0 Å². The van der Waals surface area contributed by atoms with Crippen molar-refractivity contribution in [3.8, 4) is 11.1 Å². The smallest absolute Gasteiger partial charge is 0.392 e. The molecule has 190 valence electrons. The average molecular weight is 523 g/mol. The number of nitrogens with zero attached hydrogens (tertiary/aromatic N) is 1. The number of amides is 1. The Labute approximate surface area is 205 Å². The molecular formula is C25H22F4N2O4S. The molecule has 0 aliphatic carbocycles. The van der Waals surface area contributed by atoms with E-state index in [0.29, 0.717) is 16.7 Å². The van der Waals surface area contributed by atoms with Gasteiger partial charge in [-0.25, -0.2) is 12.8 Å². The lowest BCUT2D eigenvalue weighted by Gasteiger charge is -2.23. The highest BCUT2D eigenvalue weighted by Crippen LogP contribution is 2.31. The van der Waals surface area contributed by atoms with Gasteiger partial charge in [-0.05, 0) is 59.2 Å². The number of benzene rings is 3. The number of hydrogen-bond acceptors (Lipinski definition) is 4. The predicted molar refractivity (Wildman–Crippen MR) is 123 cm³/mol. The normalized spacial score (nSPS) is 18.8. The summed E-state index contributed by atoms with van der Waals surface area (Å²) < 4.78 is 78.6. The summed E-state index contributed by atoms with van der Waals surface area (Å²) in [6, 6.07) is 14.6. The third kappa shape index (κ3) is 5.58. The van der Waals surface area contributed by atoms with Crippen LogP contribution in [0.5, 0.6) is 0 Å². The number of carbonyl (C=O) groups is 1. The minimum atomic E-state index is -4.43. The van der Waals surface area contributed by atoms with E-state index in [-0.39, 0.29) is 24.4 Å². The molecule has 0 bridgehead atoms. The second kappa shape index (κ2) is 10.00. The highest BCUT2D eigenvalue weighted by Gasteiger charge is 2.43. The largest absolute Gasteiger partial charge is 0.416 e. The first kappa shape index (κ1) is 25.8. The van der Waals surface area contributed by atoms with Gasteiger partial charge in [0.05, 0.1) is 16.6 Å². The zero-order valence-electron chi connectivity index (χ0n) is 18.7. The number of halogens is 4. The van der Waals surface area contributed by atoms with Crippen molar-refractivity contribution in [1.29, 1.82) is 0 Å². The van der Waals surface area contributed by atoms with Crippen LogP contribution in [0.15, 0.2) is 77.7 Å².